The van der Waals surface area contributed by atoms with E-state index in [1.54, 1.807) is 54.6 Å². The van der Waals surface area contributed by atoms with Crippen LogP contribution in [0.3, 0.4) is 0 Å². The summed E-state index contributed by atoms with van der Waals surface area (Å²) < 4.78 is 0. The van der Waals surface area contributed by atoms with Crippen LogP contribution in [0.1, 0.15) is 31.1 Å². The van der Waals surface area contributed by atoms with Crippen molar-refractivity contribution in [2.45, 2.75) is 0 Å². The third-order valence-electron chi connectivity index (χ3n) is 3.57. The predicted molar refractivity (Wildman–Crippen MR) is 113 cm³/mol. The van der Waals surface area contributed by atoms with Gasteiger partial charge in [0.25, 0.3) is 0 Å². The maximum absolute atomic E-state index is 10.3. The Morgan fingerprint density at radius 3 is 0.806 bits per heavy atom. The van der Waals surface area contributed by atoms with Gasteiger partial charge in [-0.15, -0.1) is 0 Å². The maximum atomic E-state index is 10.3. The van der Waals surface area contributed by atoms with Gasteiger partial charge in [0.05, 0.1) is 16.7 Å². The SMILES string of the molecule is Nc1ccccc1C(=O)O.Nc1ccccc1C(=O)O.Nc1ccccc1C(=O)O.[Fe]. The number of para-hydroxylation sites is 3. The summed E-state index contributed by atoms with van der Waals surface area (Å²) in [6.07, 6.45) is 0. The van der Waals surface area contributed by atoms with Crippen molar-refractivity contribution >= 4 is 35.0 Å². The van der Waals surface area contributed by atoms with Gasteiger partial charge in [0.1, 0.15) is 0 Å². The number of nitrogens with two attached hydrogens (primary N) is 3. The number of nitrogen functional groups attached to an aromatic ring is 3. The zero-order valence-electron chi connectivity index (χ0n) is 16.1. The summed E-state index contributed by atoms with van der Waals surface area (Å²) in [5.41, 5.74) is 17.4. The zero-order chi connectivity index (χ0) is 22.7. The maximum Gasteiger partial charge on any atom is 0.337 e. The number of carboxylic acid groups (broad SMARTS) is 3. The van der Waals surface area contributed by atoms with Gasteiger partial charge < -0.3 is 32.5 Å². The van der Waals surface area contributed by atoms with Crippen molar-refractivity contribution in [1.82, 2.24) is 0 Å². The standard InChI is InChI=1S/3C7H7NO2.Fe/c3*8-6-4-2-1-3-5(6)7(9)10;/h3*1-4H,8H2,(H,9,10);. The van der Waals surface area contributed by atoms with Crippen LogP contribution >= 0.6 is 0 Å². The molecule has 9 N–H and O–H groups in total. The molecule has 3 aromatic carbocycles. The van der Waals surface area contributed by atoms with E-state index in [0.717, 1.165) is 0 Å². The van der Waals surface area contributed by atoms with Crippen LogP contribution in [-0.4, -0.2) is 33.2 Å². The molecule has 0 radical (unpaired) electrons. The molecule has 10 heteroatoms. The minimum absolute atomic E-state index is 0. The second-order valence-corrected chi connectivity index (χ2v) is 5.68. The van der Waals surface area contributed by atoms with Crippen LogP contribution in [0.25, 0.3) is 0 Å². The first kappa shape index (κ1) is 27.0. The molecule has 0 saturated heterocycles. The summed E-state index contributed by atoms with van der Waals surface area (Å²) in [6.45, 7) is 0. The van der Waals surface area contributed by atoms with E-state index in [9.17, 15) is 14.4 Å². The molecule has 0 amide bonds. The summed E-state index contributed by atoms with van der Waals surface area (Å²) in [5, 5.41) is 25.5. The molecule has 0 aliphatic carbocycles. The van der Waals surface area contributed by atoms with Crippen LogP contribution in [0.2, 0.25) is 0 Å². The van der Waals surface area contributed by atoms with Crippen molar-refractivity contribution < 1.29 is 46.8 Å². The minimum atomic E-state index is -0.988. The molecule has 0 spiro atoms. The van der Waals surface area contributed by atoms with E-state index in [4.69, 9.17) is 32.5 Å². The quantitative estimate of drug-likeness (QED) is 0.248. The molecular weight excluding hydrogens is 446 g/mol. The second kappa shape index (κ2) is 13.3. The Hall–Kier alpha value is -4.01. The monoisotopic (exact) mass is 467 g/mol. The van der Waals surface area contributed by atoms with Crippen LogP contribution in [0.15, 0.2) is 72.8 Å². The first-order valence-corrected chi connectivity index (χ1v) is 8.38. The summed E-state index contributed by atoms with van der Waals surface area (Å²) in [6, 6.07) is 19.1. The van der Waals surface area contributed by atoms with E-state index in [-0.39, 0.29) is 33.8 Å². The van der Waals surface area contributed by atoms with E-state index in [0.29, 0.717) is 17.1 Å². The normalized spacial score (nSPS) is 8.90. The Kier molecular flexibility index (Phi) is 11.5. The van der Waals surface area contributed by atoms with E-state index >= 15 is 0 Å². The molecule has 0 aliphatic rings. The Labute approximate surface area is 188 Å². The molecule has 0 heterocycles. The number of benzene rings is 3. The second-order valence-electron chi connectivity index (χ2n) is 5.68. The van der Waals surface area contributed by atoms with Crippen molar-refractivity contribution in [1.29, 1.82) is 0 Å². The molecule has 164 valence electrons. The van der Waals surface area contributed by atoms with E-state index < -0.39 is 17.9 Å². The molecule has 3 aromatic rings. The molecule has 9 nitrogen and oxygen atoms in total. The van der Waals surface area contributed by atoms with Gasteiger partial charge in [0.15, 0.2) is 0 Å². The van der Waals surface area contributed by atoms with Crippen LogP contribution in [-0.2, 0) is 17.1 Å². The van der Waals surface area contributed by atoms with Gasteiger partial charge in [-0.2, -0.15) is 0 Å². The van der Waals surface area contributed by atoms with E-state index in [1.165, 1.54) is 18.2 Å². The third-order valence-corrected chi connectivity index (χ3v) is 3.57. The minimum Gasteiger partial charge on any atom is -0.478 e. The summed E-state index contributed by atoms with van der Waals surface area (Å²) in [4.78, 5) is 31.0. The number of hydrogen-bond donors (Lipinski definition) is 6. The fraction of sp³-hybridized carbons (Fsp3) is 0. The number of aromatic carboxylic acids is 3. The van der Waals surface area contributed by atoms with Crippen LogP contribution in [0.5, 0.6) is 0 Å². The summed E-state index contributed by atoms with van der Waals surface area (Å²) in [7, 11) is 0. The molecule has 0 atom stereocenters. The fourth-order valence-corrected chi connectivity index (χ4v) is 2.08. The van der Waals surface area contributed by atoms with Crippen LogP contribution < -0.4 is 17.2 Å². The van der Waals surface area contributed by atoms with Crippen molar-refractivity contribution in [3.63, 3.8) is 0 Å². The Balaban J connectivity index is 0.000000429. The smallest absolute Gasteiger partial charge is 0.337 e. The molecule has 0 aliphatic heterocycles. The van der Waals surface area contributed by atoms with E-state index in [2.05, 4.69) is 0 Å². The Bertz CT molecular complexity index is 911. The van der Waals surface area contributed by atoms with Crippen LogP contribution in [0, 0.1) is 0 Å². The average Bonchev–Trinajstić information content (AvgIpc) is 2.69. The van der Waals surface area contributed by atoms with Gasteiger partial charge in [-0.25, -0.2) is 14.4 Å². The van der Waals surface area contributed by atoms with Crippen molar-refractivity contribution in [3.05, 3.63) is 89.5 Å². The summed E-state index contributed by atoms with van der Waals surface area (Å²) in [5.74, 6) is -2.96. The average molecular weight is 467 g/mol. The molecule has 3 rings (SSSR count). The third kappa shape index (κ3) is 8.90. The molecule has 0 bridgehead atoms. The fourth-order valence-electron chi connectivity index (χ4n) is 2.08. The molecule has 31 heavy (non-hydrogen) atoms. The number of hydrogen-bond acceptors (Lipinski definition) is 6. The molecule has 0 aromatic heterocycles. The number of carboxylic acids is 3. The predicted octanol–water partition coefficient (Wildman–Crippen LogP) is 2.90. The molecule has 0 saturated carbocycles. The topological polar surface area (TPSA) is 190 Å². The Morgan fingerprint density at radius 2 is 0.677 bits per heavy atom. The van der Waals surface area contributed by atoms with Gasteiger partial charge in [-0.1, -0.05) is 36.4 Å². The van der Waals surface area contributed by atoms with Gasteiger partial charge in [0, 0.05) is 34.1 Å². The van der Waals surface area contributed by atoms with Gasteiger partial charge in [-0.05, 0) is 36.4 Å². The molecular formula is C21H21FeN3O6. The first-order valence-electron chi connectivity index (χ1n) is 8.38. The first-order chi connectivity index (χ1) is 14.1. The van der Waals surface area contributed by atoms with E-state index in [1.807, 2.05) is 0 Å². The van der Waals surface area contributed by atoms with Gasteiger partial charge in [-0.3, -0.25) is 0 Å². The van der Waals surface area contributed by atoms with Crippen molar-refractivity contribution in [3.8, 4) is 0 Å². The van der Waals surface area contributed by atoms with Crippen molar-refractivity contribution in [2.75, 3.05) is 17.2 Å². The largest absolute Gasteiger partial charge is 0.478 e. The zero-order valence-corrected chi connectivity index (χ0v) is 17.2. The molecule has 0 fully saturated rings. The summed E-state index contributed by atoms with van der Waals surface area (Å²) >= 11 is 0. The van der Waals surface area contributed by atoms with Gasteiger partial charge >= 0.3 is 17.9 Å². The number of rotatable bonds is 3. The van der Waals surface area contributed by atoms with Gasteiger partial charge in [0.2, 0.25) is 0 Å². The molecule has 0 unspecified atom stereocenters. The number of carbonyl (C=O) groups is 3. The Morgan fingerprint density at radius 1 is 0.484 bits per heavy atom. The van der Waals surface area contributed by atoms with Crippen LogP contribution in [0.4, 0.5) is 17.1 Å². The number of anilines is 3. The van der Waals surface area contributed by atoms with Crippen molar-refractivity contribution in [2.24, 2.45) is 0 Å².